The van der Waals surface area contributed by atoms with Gasteiger partial charge in [-0.15, -0.1) is 0 Å². The Labute approximate surface area is 298 Å². The molecule has 0 heterocycles. The van der Waals surface area contributed by atoms with Gasteiger partial charge in [0.05, 0.1) is 17.4 Å². The third kappa shape index (κ3) is 10.1. The molecule has 266 valence electrons. The van der Waals surface area contributed by atoms with Crippen molar-refractivity contribution in [2.75, 3.05) is 0 Å². The van der Waals surface area contributed by atoms with Crippen molar-refractivity contribution in [1.29, 1.82) is 0 Å². The Bertz CT molecular complexity index is 2130. The summed E-state index contributed by atoms with van der Waals surface area (Å²) in [4.78, 5) is 61.6. The van der Waals surface area contributed by atoms with E-state index in [0.717, 1.165) is 6.26 Å². The summed E-state index contributed by atoms with van der Waals surface area (Å²) in [5.74, 6) is -4.00. The monoisotopic (exact) mass is 710 g/mol. The zero-order chi connectivity index (χ0) is 38.9. The van der Waals surface area contributed by atoms with Gasteiger partial charge in [0.15, 0.2) is 23.1 Å². The summed E-state index contributed by atoms with van der Waals surface area (Å²) < 4.78 is 58.7. The predicted molar refractivity (Wildman–Crippen MR) is 186 cm³/mol. The predicted octanol–water partition coefficient (Wildman–Crippen LogP) is 7.51. The van der Waals surface area contributed by atoms with Crippen molar-refractivity contribution < 1.29 is 56.4 Å². The summed E-state index contributed by atoms with van der Waals surface area (Å²) in [6.45, 7) is 20.6. The Hall–Kier alpha value is -6.87. The Morgan fingerprint density at radius 2 is 1.00 bits per heavy atom. The molecule has 0 saturated heterocycles. The number of hydrogen-bond donors (Lipinski definition) is 0. The van der Waals surface area contributed by atoms with E-state index in [1.165, 1.54) is 83.1 Å². The van der Waals surface area contributed by atoms with Gasteiger partial charge in [-0.25, -0.2) is 32.8 Å². The van der Waals surface area contributed by atoms with Crippen LogP contribution in [0, 0.1) is 23.5 Å². The molecule has 0 unspecified atom stereocenters. The van der Waals surface area contributed by atoms with E-state index in [-0.39, 0.29) is 50.5 Å². The van der Waals surface area contributed by atoms with Crippen LogP contribution >= 0.6 is 0 Å². The molecule has 0 atom stereocenters. The van der Waals surface area contributed by atoms with Crippen molar-refractivity contribution in [3.63, 3.8) is 0 Å². The quantitative estimate of drug-likeness (QED) is 0.0648. The number of rotatable bonds is 11. The van der Waals surface area contributed by atoms with Gasteiger partial charge in [0.2, 0.25) is 0 Å². The van der Waals surface area contributed by atoms with Gasteiger partial charge in [0, 0.05) is 27.9 Å². The highest BCUT2D eigenvalue weighted by Crippen LogP contribution is 2.41. The molecule has 0 spiro atoms. The van der Waals surface area contributed by atoms with E-state index >= 15 is 8.78 Å². The fraction of sp³-hybridized carbons (Fsp3) is 0.125. The van der Waals surface area contributed by atoms with Crippen LogP contribution in [0.4, 0.5) is 8.78 Å². The second-order valence-corrected chi connectivity index (χ2v) is 11.2. The zero-order valence-corrected chi connectivity index (χ0v) is 28.9. The van der Waals surface area contributed by atoms with E-state index in [9.17, 15) is 24.0 Å². The smallest absolute Gasteiger partial charge is 0.342 e. The summed E-state index contributed by atoms with van der Waals surface area (Å²) in [5, 5.41) is 0. The highest BCUT2D eigenvalue weighted by atomic mass is 19.1. The van der Waals surface area contributed by atoms with Gasteiger partial charge < -0.3 is 23.7 Å². The van der Waals surface area contributed by atoms with E-state index in [1.54, 1.807) is 0 Å². The van der Waals surface area contributed by atoms with E-state index < -0.39 is 64.1 Å². The van der Waals surface area contributed by atoms with E-state index in [4.69, 9.17) is 23.7 Å². The third-order valence-corrected chi connectivity index (χ3v) is 6.51. The van der Waals surface area contributed by atoms with Gasteiger partial charge in [0.1, 0.15) is 17.1 Å². The first-order valence-corrected chi connectivity index (χ1v) is 15.1. The molecule has 0 bridgehead atoms. The number of allylic oxidation sites excluding steroid dienone is 1. The standard InChI is InChI=1S/C40H32F2O10/c1-21(2)36(43)49-28-15-10-26(11-16-28)12-19-30-32(41)35(52-39(46)24(7)8)31(33(42)34(30)51-38(45)23(5)6)25(9)20-48-40(47)27-13-17-29(18-14-27)50-37(44)22(3)4/h10-11,13-18,20H,1,3,5,7H2,2,4,6,8-9H3/b25-20+. The summed E-state index contributed by atoms with van der Waals surface area (Å²) in [6, 6.07) is 10.9. The van der Waals surface area contributed by atoms with E-state index in [1.807, 2.05) is 0 Å². The number of ether oxygens (including phenoxy) is 5. The molecule has 3 rings (SSSR count). The minimum atomic E-state index is -1.41. The second-order valence-electron chi connectivity index (χ2n) is 11.2. The van der Waals surface area contributed by atoms with Crippen molar-refractivity contribution >= 4 is 35.4 Å². The molecule has 0 aliphatic heterocycles. The SMILES string of the molecule is C=C(C)C(=O)Oc1ccc(C#Cc2c(F)c(OC(=O)C(=C)C)c(/C(C)=C/OC(=O)c3ccc(OC(=O)C(=C)C)cc3)c(F)c2OC(=O)C(=C)C)cc1. The van der Waals surface area contributed by atoms with Crippen molar-refractivity contribution in [2.24, 2.45) is 0 Å². The lowest BCUT2D eigenvalue weighted by atomic mass is 10.0. The van der Waals surface area contributed by atoms with Crippen LogP contribution in [0.5, 0.6) is 23.0 Å². The van der Waals surface area contributed by atoms with Crippen LogP contribution < -0.4 is 18.9 Å². The highest BCUT2D eigenvalue weighted by Gasteiger charge is 2.31. The summed E-state index contributed by atoms with van der Waals surface area (Å²) >= 11 is 0. The molecular formula is C40H32F2O10. The number of benzene rings is 3. The summed E-state index contributed by atoms with van der Waals surface area (Å²) in [7, 11) is 0. The maximum absolute atomic E-state index is 16.5. The van der Waals surface area contributed by atoms with E-state index in [2.05, 4.69) is 38.2 Å². The Morgan fingerprint density at radius 1 is 0.577 bits per heavy atom. The fourth-order valence-corrected chi connectivity index (χ4v) is 3.72. The first-order valence-electron chi connectivity index (χ1n) is 15.1. The summed E-state index contributed by atoms with van der Waals surface area (Å²) in [6.07, 6.45) is 0.769. The molecule has 52 heavy (non-hydrogen) atoms. The van der Waals surface area contributed by atoms with Crippen LogP contribution in [0.25, 0.3) is 5.57 Å². The van der Waals surface area contributed by atoms with Crippen LogP contribution in [0.3, 0.4) is 0 Å². The first kappa shape index (κ1) is 39.6. The molecule has 0 fully saturated rings. The van der Waals surface area contributed by atoms with Gasteiger partial charge in [0.25, 0.3) is 0 Å². The van der Waals surface area contributed by atoms with Crippen molar-refractivity contribution in [3.05, 3.63) is 137 Å². The molecule has 0 N–H and O–H groups in total. The van der Waals surface area contributed by atoms with Crippen LogP contribution in [0.1, 0.15) is 61.7 Å². The molecule has 10 nitrogen and oxygen atoms in total. The maximum atomic E-state index is 16.5. The number of carbonyl (C=O) groups is 5. The molecule has 0 amide bonds. The molecule has 0 radical (unpaired) electrons. The van der Waals surface area contributed by atoms with Crippen molar-refractivity contribution in [2.45, 2.75) is 34.6 Å². The molecule has 0 aromatic heterocycles. The van der Waals surface area contributed by atoms with Crippen molar-refractivity contribution in [1.82, 2.24) is 0 Å². The summed E-state index contributed by atoms with van der Waals surface area (Å²) in [5.41, 5.74) is -1.63. The van der Waals surface area contributed by atoms with Crippen molar-refractivity contribution in [3.8, 4) is 34.8 Å². The van der Waals surface area contributed by atoms with E-state index in [0.29, 0.717) is 0 Å². The molecule has 0 aliphatic rings. The second kappa shape index (κ2) is 17.2. The molecule has 3 aromatic carbocycles. The van der Waals surface area contributed by atoms with Crippen LogP contribution in [-0.2, 0) is 23.9 Å². The van der Waals surface area contributed by atoms with Crippen LogP contribution in [-0.4, -0.2) is 29.8 Å². The lowest BCUT2D eigenvalue weighted by molar-refractivity contribution is -0.131. The van der Waals surface area contributed by atoms with Crippen LogP contribution in [0.15, 0.2) is 103 Å². The first-order chi connectivity index (χ1) is 24.4. The largest absolute Gasteiger partial charge is 0.431 e. The maximum Gasteiger partial charge on any atom is 0.342 e. The topological polar surface area (TPSA) is 132 Å². The van der Waals surface area contributed by atoms with Gasteiger partial charge in [-0.1, -0.05) is 38.2 Å². The average molecular weight is 711 g/mol. The fourth-order valence-electron chi connectivity index (χ4n) is 3.72. The minimum absolute atomic E-state index is 0.0107. The van der Waals surface area contributed by atoms with Gasteiger partial charge in [-0.3, -0.25) is 0 Å². The molecule has 0 saturated carbocycles. The Kier molecular flexibility index (Phi) is 13.1. The average Bonchev–Trinajstić information content (AvgIpc) is 3.09. The van der Waals surface area contributed by atoms with Crippen LogP contribution in [0.2, 0.25) is 0 Å². The number of hydrogen-bond acceptors (Lipinski definition) is 10. The zero-order valence-electron chi connectivity index (χ0n) is 28.9. The van der Waals surface area contributed by atoms with Gasteiger partial charge in [-0.05, 0) is 88.7 Å². The molecule has 0 aliphatic carbocycles. The van der Waals surface area contributed by atoms with Gasteiger partial charge in [-0.2, -0.15) is 0 Å². The highest BCUT2D eigenvalue weighted by molar-refractivity contribution is 5.93. The third-order valence-electron chi connectivity index (χ3n) is 6.51. The normalized spacial score (nSPS) is 10.5. The number of esters is 5. The molecule has 3 aromatic rings. The number of carbonyl (C=O) groups excluding carboxylic acids is 5. The molecule has 12 heteroatoms. The Balaban J connectivity index is 2.13. The van der Waals surface area contributed by atoms with Gasteiger partial charge >= 0.3 is 29.8 Å². The minimum Gasteiger partial charge on any atom is -0.431 e. The Morgan fingerprint density at radius 3 is 1.46 bits per heavy atom. The lowest BCUT2D eigenvalue weighted by Crippen LogP contribution is -2.16. The molecular weight excluding hydrogens is 678 g/mol. The lowest BCUT2D eigenvalue weighted by Gasteiger charge is -2.17. The number of halogens is 2.